The predicted molar refractivity (Wildman–Crippen MR) is 74.2 cm³/mol. The van der Waals surface area contributed by atoms with Crippen LogP contribution in [0.25, 0.3) is 0 Å². The number of nitrogens with zero attached hydrogens (tertiary/aromatic N) is 4. The number of hydrogen-bond donors (Lipinski definition) is 1. The van der Waals surface area contributed by atoms with Gasteiger partial charge >= 0.3 is 6.03 Å². The van der Waals surface area contributed by atoms with E-state index < -0.39 is 0 Å². The van der Waals surface area contributed by atoms with Crippen molar-refractivity contribution in [3.05, 3.63) is 11.9 Å². The Morgan fingerprint density at radius 2 is 2.20 bits per heavy atom. The van der Waals surface area contributed by atoms with Crippen molar-refractivity contribution in [2.24, 2.45) is 0 Å². The summed E-state index contributed by atoms with van der Waals surface area (Å²) in [5, 5.41) is 11.1. The largest absolute Gasteiger partial charge is 0.378 e. The van der Waals surface area contributed by atoms with Crippen LogP contribution < -0.4 is 5.32 Å². The van der Waals surface area contributed by atoms with Crippen LogP contribution >= 0.6 is 0 Å². The van der Waals surface area contributed by atoms with E-state index in [2.05, 4.69) is 15.6 Å². The van der Waals surface area contributed by atoms with E-state index in [4.69, 9.17) is 4.74 Å². The second-order valence-corrected chi connectivity index (χ2v) is 5.45. The summed E-state index contributed by atoms with van der Waals surface area (Å²) in [6, 6.07) is 0.514. The minimum Gasteiger partial charge on any atom is -0.378 e. The lowest BCUT2D eigenvalue weighted by molar-refractivity contribution is 0.166. The fourth-order valence-corrected chi connectivity index (χ4v) is 2.38. The SMILES string of the molecule is COCc1cn(C2CCN(C(=O)NC(C)C)CC2)nn1. The van der Waals surface area contributed by atoms with Gasteiger partial charge in [-0.05, 0) is 26.7 Å². The lowest BCUT2D eigenvalue weighted by Crippen LogP contribution is -2.46. The molecule has 0 bridgehead atoms. The highest BCUT2D eigenvalue weighted by Gasteiger charge is 2.24. The number of rotatable bonds is 4. The highest BCUT2D eigenvalue weighted by atomic mass is 16.5. The third-order valence-electron chi connectivity index (χ3n) is 3.39. The number of carbonyl (C=O) groups excluding carboxylic acids is 1. The van der Waals surface area contributed by atoms with Crippen LogP contribution in [0.1, 0.15) is 38.4 Å². The van der Waals surface area contributed by atoms with Crippen molar-refractivity contribution >= 4 is 6.03 Å². The van der Waals surface area contributed by atoms with E-state index in [1.54, 1.807) is 7.11 Å². The molecule has 112 valence electrons. The van der Waals surface area contributed by atoms with Crippen molar-refractivity contribution in [2.75, 3.05) is 20.2 Å². The number of likely N-dealkylation sites (tertiary alicyclic amines) is 1. The van der Waals surface area contributed by atoms with Crippen LogP contribution in [-0.2, 0) is 11.3 Å². The van der Waals surface area contributed by atoms with E-state index in [1.165, 1.54) is 0 Å². The van der Waals surface area contributed by atoms with Crippen LogP contribution in [0.4, 0.5) is 4.79 Å². The molecule has 0 aliphatic carbocycles. The molecule has 2 rings (SSSR count). The minimum absolute atomic E-state index is 0.0251. The van der Waals surface area contributed by atoms with Gasteiger partial charge in [-0.1, -0.05) is 5.21 Å². The topological polar surface area (TPSA) is 72.3 Å². The Balaban J connectivity index is 1.85. The number of nitrogens with one attached hydrogen (secondary N) is 1. The molecular weight excluding hydrogens is 258 g/mol. The number of amides is 2. The average Bonchev–Trinajstić information content (AvgIpc) is 2.87. The Kier molecular flexibility index (Phi) is 4.94. The molecule has 0 aromatic carbocycles. The van der Waals surface area contributed by atoms with Crippen molar-refractivity contribution < 1.29 is 9.53 Å². The third kappa shape index (κ3) is 3.69. The fraction of sp³-hybridized carbons (Fsp3) is 0.769. The Labute approximate surface area is 119 Å². The molecule has 1 aromatic heterocycles. The van der Waals surface area contributed by atoms with E-state index in [9.17, 15) is 4.79 Å². The zero-order chi connectivity index (χ0) is 14.5. The molecule has 1 fully saturated rings. The van der Waals surface area contributed by atoms with Gasteiger partial charge < -0.3 is 15.0 Å². The van der Waals surface area contributed by atoms with Gasteiger partial charge in [0, 0.05) is 26.2 Å². The normalized spacial score (nSPS) is 16.7. The van der Waals surface area contributed by atoms with E-state index in [0.717, 1.165) is 31.6 Å². The van der Waals surface area contributed by atoms with Gasteiger partial charge in [-0.3, -0.25) is 0 Å². The summed E-state index contributed by atoms with van der Waals surface area (Å²) in [6.45, 7) is 5.93. The number of urea groups is 1. The van der Waals surface area contributed by atoms with E-state index >= 15 is 0 Å². The Morgan fingerprint density at radius 3 is 2.80 bits per heavy atom. The van der Waals surface area contributed by atoms with Crippen molar-refractivity contribution in [2.45, 2.75) is 45.4 Å². The molecule has 0 radical (unpaired) electrons. The number of methoxy groups -OCH3 is 1. The molecule has 0 spiro atoms. The second kappa shape index (κ2) is 6.69. The lowest BCUT2D eigenvalue weighted by atomic mass is 10.1. The summed E-state index contributed by atoms with van der Waals surface area (Å²) < 4.78 is 6.93. The molecule has 1 N–H and O–H groups in total. The van der Waals surface area contributed by atoms with Crippen LogP contribution in [0.3, 0.4) is 0 Å². The van der Waals surface area contributed by atoms with Crippen LogP contribution in [0.15, 0.2) is 6.20 Å². The standard InChI is InChI=1S/C13H23N5O2/c1-10(2)14-13(19)17-6-4-12(5-7-17)18-8-11(9-20-3)15-16-18/h8,10,12H,4-7,9H2,1-3H3,(H,14,19). The first-order chi connectivity index (χ1) is 9.60. The molecule has 1 saturated heterocycles. The zero-order valence-corrected chi connectivity index (χ0v) is 12.4. The maximum Gasteiger partial charge on any atom is 0.317 e. The summed E-state index contributed by atoms with van der Waals surface area (Å²) in [5.74, 6) is 0. The van der Waals surface area contributed by atoms with E-state index in [-0.39, 0.29) is 12.1 Å². The second-order valence-electron chi connectivity index (χ2n) is 5.45. The lowest BCUT2D eigenvalue weighted by Gasteiger charge is -2.32. The van der Waals surface area contributed by atoms with Crippen LogP contribution in [0.5, 0.6) is 0 Å². The highest BCUT2D eigenvalue weighted by Crippen LogP contribution is 2.21. The van der Waals surface area contributed by atoms with Crippen molar-refractivity contribution in [3.63, 3.8) is 0 Å². The number of aromatic nitrogens is 3. The van der Waals surface area contributed by atoms with Crippen LogP contribution in [0.2, 0.25) is 0 Å². The van der Waals surface area contributed by atoms with Gasteiger partial charge in [0.15, 0.2) is 0 Å². The maximum atomic E-state index is 11.9. The molecule has 2 heterocycles. The van der Waals surface area contributed by atoms with Gasteiger partial charge in [-0.2, -0.15) is 0 Å². The Bertz CT molecular complexity index is 438. The number of hydrogen-bond acceptors (Lipinski definition) is 4. The van der Waals surface area contributed by atoms with Gasteiger partial charge in [-0.15, -0.1) is 5.10 Å². The monoisotopic (exact) mass is 281 g/mol. The van der Waals surface area contributed by atoms with Crippen molar-refractivity contribution in [1.82, 2.24) is 25.2 Å². The molecule has 0 atom stereocenters. The summed E-state index contributed by atoms with van der Waals surface area (Å²) in [6.07, 6.45) is 3.74. The summed E-state index contributed by atoms with van der Waals surface area (Å²) in [4.78, 5) is 13.8. The van der Waals surface area contributed by atoms with Gasteiger partial charge in [0.2, 0.25) is 0 Å². The molecular formula is C13H23N5O2. The zero-order valence-electron chi connectivity index (χ0n) is 12.4. The van der Waals surface area contributed by atoms with Crippen LogP contribution in [0, 0.1) is 0 Å². The van der Waals surface area contributed by atoms with E-state index in [0.29, 0.717) is 12.6 Å². The van der Waals surface area contributed by atoms with Crippen molar-refractivity contribution in [1.29, 1.82) is 0 Å². The maximum absolute atomic E-state index is 11.9. The number of piperidine rings is 1. The number of carbonyl (C=O) groups is 1. The highest BCUT2D eigenvalue weighted by molar-refractivity contribution is 5.74. The quantitative estimate of drug-likeness (QED) is 0.899. The van der Waals surface area contributed by atoms with E-state index in [1.807, 2.05) is 29.6 Å². The first kappa shape index (κ1) is 14.8. The summed E-state index contributed by atoms with van der Waals surface area (Å²) in [7, 11) is 1.64. The molecule has 7 heteroatoms. The van der Waals surface area contributed by atoms with Crippen LogP contribution in [-0.4, -0.2) is 52.2 Å². The first-order valence-corrected chi connectivity index (χ1v) is 7.05. The fourth-order valence-electron chi connectivity index (χ4n) is 2.38. The average molecular weight is 281 g/mol. The Morgan fingerprint density at radius 1 is 1.50 bits per heavy atom. The molecule has 1 aromatic rings. The smallest absolute Gasteiger partial charge is 0.317 e. The first-order valence-electron chi connectivity index (χ1n) is 7.05. The molecule has 1 aliphatic heterocycles. The molecule has 2 amide bonds. The summed E-state index contributed by atoms with van der Waals surface area (Å²) >= 11 is 0. The number of ether oxygens (including phenoxy) is 1. The minimum atomic E-state index is 0.0251. The molecule has 0 saturated carbocycles. The Hall–Kier alpha value is -1.63. The van der Waals surface area contributed by atoms with Gasteiger partial charge in [0.25, 0.3) is 0 Å². The molecule has 1 aliphatic rings. The van der Waals surface area contributed by atoms with Gasteiger partial charge in [-0.25, -0.2) is 9.48 Å². The third-order valence-corrected chi connectivity index (χ3v) is 3.39. The molecule has 20 heavy (non-hydrogen) atoms. The van der Waals surface area contributed by atoms with Crippen molar-refractivity contribution in [3.8, 4) is 0 Å². The van der Waals surface area contributed by atoms with Gasteiger partial charge in [0.05, 0.1) is 18.8 Å². The molecule has 7 nitrogen and oxygen atoms in total. The predicted octanol–water partition coefficient (Wildman–Crippen LogP) is 1.18. The molecule has 0 unspecified atom stereocenters. The van der Waals surface area contributed by atoms with Gasteiger partial charge in [0.1, 0.15) is 5.69 Å². The summed E-state index contributed by atoms with van der Waals surface area (Å²) in [5.41, 5.74) is 0.840.